The third-order valence-electron chi connectivity index (χ3n) is 1.95. The fourth-order valence-corrected chi connectivity index (χ4v) is 1.11. The van der Waals surface area contributed by atoms with Crippen LogP contribution in [0.25, 0.3) is 0 Å². The smallest absolute Gasteiger partial charge is 0.315 e. The van der Waals surface area contributed by atoms with Crippen molar-refractivity contribution in [2.75, 3.05) is 25.6 Å². The normalized spacial score (nSPS) is 12.7. The summed E-state index contributed by atoms with van der Waals surface area (Å²) < 4.78 is 10.3. The highest BCUT2D eigenvalue weighted by Gasteiger charge is 2.08. The van der Waals surface area contributed by atoms with Gasteiger partial charge in [-0.3, -0.25) is 0 Å². The Morgan fingerprint density at radius 2 is 2.33 bits per heavy atom. The predicted molar refractivity (Wildman–Crippen MR) is 56.6 cm³/mol. The van der Waals surface area contributed by atoms with Gasteiger partial charge in [0.1, 0.15) is 0 Å². The lowest BCUT2D eigenvalue weighted by Gasteiger charge is -2.10. The molecule has 0 aliphatic rings. The summed E-state index contributed by atoms with van der Waals surface area (Å²) in [5.74, 6) is 0.568. The van der Waals surface area contributed by atoms with Gasteiger partial charge >= 0.3 is 6.01 Å². The predicted octanol–water partition coefficient (Wildman–Crippen LogP) is 0.408. The van der Waals surface area contributed by atoms with Crippen LogP contribution in [0.2, 0.25) is 0 Å². The lowest BCUT2D eigenvalue weighted by Crippen LogP contribution is -2.17. The second-order valence-electron chi connectivity index (χ2n) is 3.37. The number of methoxy groups -OCH3 is 1. The maximum absolute atomic E-state index is 5.37. The van der Waals surface area contributed by atoms with E-state index in [0.29, 0.717) is 31.5 Å². The van der Waals surface area contributed by atoms with E-state index >= 15 is 0 Å². The van der Waals surface area contributed by atoms with E-state index in [1.807, 2.05) is 6.92 Å². The van der Waals surface area contributed by atoms with Crippen molar-refractivity contribution in [2.45, 2.75) is 25.8 Å². The molecule has 86 valence electrons. The minimum atomic E-state index is 0.246. The molecule has 1 aromatic rings. The van der Waals surface area contributed by atoms with Crippen LogP contribution in [0.4, 0.5) is 6.01 Å². The quantitative estimate of drug-likeness (QED) is 0.683. The van der Waals surface area contributed by atoms with Crippen molar-refractivity contribution in [1.29, 1.82) is 0 Å². The first-order chi connectivity index (χ1) is 7.26. The first kappa shape index (κ1) is 11.9. The van der Waals surface area contributed by atoms with Crippen molar-refractivity contribution in [3.05, 3.63) is 5.89 Å². The highest BCUT2D eigenvalue weighted by Crippen LogP contribution is 2.08. The van der Waals surface area contributed by atoms with Crippen LogP contribution in [0.3, 0.4) is 0 Å². The van der Waals surface area contributed by atoms with E-state index in [-0.39, 0.29) is 6.04 Å². The molecule has 1 heterocycles. The Bertz CT molecular complexity index is 277. The molecule has 6 heteroatoms. The number of hydrogen-bond donors (Lipinski definition) is 2. The van der Waals surface area contributed by atoms with Crippen molar-refractivity contribution >= 4 is 6.01 Å². The van der Waals surface area contributed by atoms with Crippen LogP contribution in [0.5, 0.6) is 0 Å². The number of anilines is 1. The van der Waals surface area contributed by atoms with E-state index in [1.165, 1.54) is 0 Å². The Hall–Kier alpha value is -1.14. The maximum Gasteiger partial charge on any atom is 0.315 e. The summed E-state index contributed by atoms with van der Waals surface area (Å²) in [7, 11) is 1.68. The summed E-state index contributed by atoms with van der Waals surface area (Å²) in [6.45, 7) is 3.25. The van der Waals surface area contributed by atoms with Crippen molar-refractivity contribution in [3.63, 3.8) is 0 Å². The van der Waals surface area contributed by atoms with Crippen LogP contribution in [-0.2, 0) is 11.2 Å². The highest BCUT2D eigenvalue weighted by molar-refractivity contribution is 5.18. The molecule has 0 saturated carbocycles. The van der Waals surface area contributed by atoms with Crippen LogP contribution >= 0.6 is 0 Å². The SMILES string of the molecule is COCCC(C)Nc1nnc(CCN)o1. The molecule has 0 aromatic carbocycles. The Kier molecular flexibility index (Phi) is 5.06. The minimum Gasteiger partial charge on any atom is -0.408 e. The van der Waals surface area contributed by atoms with Gasteiger partial charge in [0.2, 0.25) is 5.89 Å². The van der Waals surface area contributed by atoms with E-state index < -0.39 is 0 Å². The Morgan fingerprint density at radius 1 is 1.53 bits per heavy atom. The monoisotopic (exact) mass is 214 g/mol. The summed E-state index contributed by atoms with van der Waals surface area (Å²) in [5.41, 5.74) is 5.37. The number of hydrogen-bond acceptors (Lipinski definition) is 6. The molecule has 1 rings (SSSR count). The molecular weight excluding hydrogens is 196 g/mol. The van der Waals surface area contributed by atoms with Crippen LogP contribution in [-0.4, -0.2) is 36.5 Å². The highest BCUT2D eigenvalue weighted by atomic mass is 16.5. The summed E-state index contributed by atoms with van der Waals surface area (Å²) in [5, 5.41) is 10.8. The molecule has 0 aliphatic heterocycles. The average Bonchev–Trinajstić information content (AvgIpc) is 2.63. The molecule has 0 aliphatic carbocycles. The van der Waals surface area contributed by atoms with Crippen LogP contribution < -0.4 is 11.1 Å². The summed E-state index contributed by atoms with van der Waals surface area (Å²) in [4.78, 5) is 0. The lowest BCUT2D eigenvalue weighted by atomic mass is 10.2. The van der Waals surface area contributed by atoms with Crippen LogP contribution in [0.1, 0.15) is 19.2 Å². The van der Waals surface area contributed by atoms with E-state index in [9.17, 15) is 0 Å². The Balaban J connectivity index is 2.35. The second-order valence-corrected chi connectivity index (χ2v) is 3.37. The van der Waals surface area contributed by atoms with Gasteiger partial charge < -0.3 is 20.2 Å². The van der Waals surface area contributed by atoms with Gasteiger partial charge in [0.15, 0.2) is 0 Å². The molecule has 0 bridgehead atoms. The summed E-state index contributed by atoms with van der Waals surface area (Å²) in [6.07, 6.45) is 1.51. The number of aromatic nitrogens is 2. The van der Waals surface area contributed by atoms with E-state index in [2.05, 4.69) is 15.5 Å². The standard InChI is InChI=1S/C9H18N4O2/c1-7(4-6-14-2)11-9-13-12-8(15-9)3-5-10/h7H,3-6,10H2,1-2H3,(H,11,13). The van der Waals surface area contributed by atoms with E-state index in [1.54, 1.807) is 7.11 Å². The molecule has 0 amide bonds. The molecule has 15 heavy (non-hydrogen) atoms. The lowest BCUT2D eigenvalue weighted by molar-refractivity contribution is 0.191. The molecule has 0 radical (unpaired) electrons. The fraction of sp³-hybridized carbons (Fsp3) is 0.778. The zero-order chi connectivity index (χ0) is 11.1. The third kappa shape index (κ3) is 4.26. The van der Waals surface area contributed by atoms with Gasteiger partial charge in [-0.15, -0.1) is 5.10 Å². The van der Waals surface area contributed by atoms with Crippen molar-refractivity contribution < 1.29 is 9.15 Å². The first-order valence-corrected chi connectivity index (χ1v) is 5.04. The number of ether oxygens (including phenoxy) is 1. The number of nitrogens with one attached hydrogen (secondary N) is 1. The minimum absolute atomic E-state index is 0.246. The van der Waals surface area contributed by atoms with Gasteiger partial charge in [-0.2, -0.15) is 0 Å². The topological polar surface area (TPSA) is 86.2 Å². The van der Waals surface area contributed by atoms with E-state index in [4.69, 9.17) is 14.9 Å². The molecule has 3 N–H and O–H groups in total. The third-order valence-corrected chi connectivity index (χ3v) is 1.95. The molecule has 1 atom stereocenters. The largest absolute Gasteiger partial charge is 0.408 e. The molecule has 1 unspecified atom stereocenters. The van der Waals surface area contributed by atoms with Gasteiger partial charge in [0, 0.05) is 32.7 Å². The van der Waals surface area contributed by atoms with Gasteiger partial charge in [-0.05, 0) is 13.3 Å². The van der Waals surface area contributed by atoms with Gasteiger partial charge in [0.05, 0.1) is 0 Å². The van der Waals surface area contributed by atoms with Gasteiger partial charge in [-0.25, -0.2) is 0 Å². The van der Waals surface area contributed by atoms with Gasteiger partial charge in [0.25, 0.3) is 0 Å². The van der Waals surface area contributed by atoms with Crippen molar-refractivity contribution in [2.24, 2.45) is 5.73 Å². The molecule has 0 spiro atoms. The molecule has 1 aromatic heterocycles. The Morgan fingerprint density at radius 3 is 3.00 bits per heavy atom. The second kappa shape index (κ2) is 6.36. The molecule has 0 fully saturated rings. The molecular formula is C9H18N4O2. The van der Waals surface area contributed by atoms with E-state index in [0.717, 1.165) is 6.42 Å². The van der Waals surface area contributed by atoms with Crippen molar-refractivity contribution in [1.82, 2.24) is 10.2 Å². The van der Waals surface area contributed by atoms with Crippen LogP contribution in [0.15, 0.2) is 4.42 Å². The zero-order valence-corrected chi connectivity index (χ0v) is 9.19. The number of nitrogens with zero attached hydrogens (tertiary/aromatic N) is 2. The zero-order valence-electron chi connectivity index (χ0n) is 9.19. The maximum atomic E-state index is 5.37. The Labute approximate surface area is 89.2 Å². The van der Waals surface area contributed by atoms with Gasteiger partial charge in [-0.1, -0.05) is 5.10 Å². The first-order valence-electron chi connectivity index (χ1n) is 5.04. The molecule has 0 saturated heterocycles. The fourth-order valence-electron chi connectivity index (χ4n) is 1.11. The summed E-state index contributed by atoms with van der Waals surface area (Å²) in [6, 6.07) is 0.693. The number of nitrogens with two attached hydrogens (primary N) is 1. The van der Waals surface area contributed by atoms with Crippen molar-refractivity contribution in [3.8, 4) is 0 Å². The molecule has 6 nitrogen and oxygen atoms in total. The number of rotatable bonds is 7. The summed E-state index contributed by atoms with van der Waals surface area (Å²) >= 11 is 0. The van der Waals surface area contributed by atoms with Crippen LogP contribution in [0, 0.1) is 0 Å². The average molecular weight is 214 g/mol.